The molecule has 102 valence electrons. The first-order chi connectivity index (χ1) is 9.78. The predicted octanol–water partition coefficient (Wildman–Crippen LogP) is 1.27. The van der Waals surface area contributed by atoms with Gasteiger partial charge in [0.05, 0.1) is 18.0 Å². The van der Waals surface area contributed by atoms with Crippen LogP contribution in [-0.2, 0) is 0 Å². The molecule has 0 spiro atoms. The standard InChI is InChI=1S/C14H14FN5/c15-9-4-5-11-10(7-9)14(12-3-1-2-6-17-12)18-8-13(19-11)20-16/h1-7,13,19-20H,8,16H2. The summed E-state index contributed by atoms with van der Waals surface area (Å²) in [5.74, 6) is 5.16. The van der Waals surface area contributed by atoms with E-state index < -0.39 is 0 Å². The number of pyridine rings is 1. The Hall–Kier alpha value is -2.31. The summed E-state index contributed by atoms with van der Waals surface area (Å²) < 4.78 is 13.6. The molecule has 1 unspecified atom stereocenters. The van der Waals surface area contributed by atoms with Crippen molar-refractivity contribution in [1.29, 1.82) is 0 Å². The molecule has 6 heteroatoms. The number of benzodiazepines with no additional fused rings is 1. The number of halogens is 1. The van der Waals surface area contributed by atoms with Gasteiger partial charge in [-0.15, -0.1) is 0 Å². The van der Waals surface area contributed by atoms with Crippen molar-refractivity contribution in [2.45, 2.75) is 6.17 Å². The van der Waals surface area contributed by atoms with Crippen molar-refractivity contribution in [1.82, 2.24) is 10.4 Å². The fourth-order valence-corrected chi connectivity index (χ4v) is 2.16. The maximum Gasteiger partial charge on any atom is 0.124 e. The van der Waals surface area contributed by atoms with E-state index in [2.05, 4.69) is 20.7 Å². The third kappa shape index (κ3) is 2.38. The van der Waals surface area contributed by atoms with E-state index >= 15 is 0 Å². The van der Waals surface area contributed by atoms with E-state index in [1.165, 1.54) is 12.1 Å². The van der Waals surface area contributed by atoms with E-state index in [1.807, 2.05) is 18.2 Å². The lowest BCUT2D eigenvalue weighted by Crippen LogP contribution is -2.42. The molecule has 0 amide bonds. The lowest BCUT2D eigenvalue weighted by molar-refractivity contribution is 0.595. The average Bonchev–Trinajstić information content (AvgIpc) is 2.67. The van der Waals surface area contributed by atoms with Crippen LogP contribution in [0.15, 0.2) is 47.6 Å². The zero-order valence-electron chi connectivity index (χ0n) is 10.7. The molecule has 0 bridgehead atoms. The van der Waals surface area contributed by atoms with Crippen molar-refractivity contribution in [2.24, 2.45) is 10.8 Å². The molecule has 0 aliphatic carbocycles. The minimum Gasteiger partial charge on any atom is -0.367 e. The number of nitrogens with zero attached hydrogens (tertiary/aromatic N) is 2. The Balaban J connectivity index is 2.14. The lowest BCUT2D eigenvalue weighted by atomic mass is 10.0. The van der Waals surface area contributed by atoms with E-state index in [0.29, 0.717) is 23.5 Å². The van der Waals surface area contributed by atoms with E-state index in [4.69, 9.17) is 5.84 Å². The molecule has 2 heterocycles. The van der Waals surface area contributed by atoms with E-state index in [9.17, 15) is 4.39 Å². The summed E-state index contributed by atoms with van der Waals surface area (Å²) in [4.78, 5) is 8.80. The van der Waals surface area contributed by atoms with Gasteiger partial charge in [-0.25, -0.2) is 9.82 Å². The second-order valence-electron chi connectivity index (χ2n) is 4.46. The van der Waals surface area contributed by atoms with Crippen LogP contribution in [0.5, 0.6) is 0 Å². The van der Waals surface area contributed by atoms with E-state index in [0.717, 1.165) is 5.69 Å². The van der Waals surface area contributed by atoms with Gasteiger partial charge in [-0.05, 0) is 30.3 Å². The smallest absolute Gasteiger partial charge is 0.124 e. The van der Waals surface area contributed by atoms with Crippen molar-refractivity contribution < 1.29 is 4.39 Å². The van der Waals surface area contributed by atoms with Crippen molar-refractivity contribution in [3.05, 3.63) is 59.7 Å². The Bertz CT molecular complexity index is 641. The molecule has 3 rings (SSSR count). The molecule has 0 saturated carbocycles. The number of anilines is 1. The molecular weight excluding hydrogens is 257 g/mol. The Kier molecular flexibility index (Phi) is 3.41. The quantitative estimate of drug-likeness (QED) is 0.568. The molecule has 0 saturated heterocycles. The highest BCUT2D eigenvalue weighted by Gasteiger charge is 2.19. The Morgan fingerprint density at radius 1 is 1.30 bits per heavy atom. The average molecular weight is 271 g/mol. The topological polar surface area (TPSA) is 75.3 Å². The molecule has 1 aromatic carbocycles. The molecule has 1 aromatic heterocycles. The fraction of sp³-hybridized carbons (Fsp3) is 0.143. The van der Waals surface area contributed by atoms with Crippen LogP contribution in [0.2, 0.25) is 0 Å². The third-order valence-electron chi connectivity index (χ3n) is 3.11. The van der Waals surface area contributed by atoms with Crippen LogP contribution in [0.25, 0.3) is 0 Å². The molecule has 2 aromatic rings. The molecule has 5 nitrogen and oxygen atoms in total. The molecule has 20 heavy (non-hydrogen) atoms. The highest BCUT2D eigenvalue weighted by Crippen LogP contribution is 2.23. The summed E-state index contributed by atoms with van der Waals surface area (Å²) in [5.41, 5.74) is 5.46. The molecule has 1 aliphatic heterocycles. The van der Waals surface area contributed by atoms with Crippen LogP contribution in [0.3, 0.4) is 0 Å². The molecule has 4 N–H and O–H groups in total. The summed E-state index contributed by atoms with van der Waals surface area (Å²) in [6, 6.07) is 10.1. The largest absolute Gasteiger partial charge is 0.367 e. The zero-order chi connectivity index (χ0) is 13.9. The molecule has 1 atom stereocenters. The molecular formula is C14H14FN5. The van der Waals surface area contributed by atoms with Crippen molar-refractivity contribution in [3.63, 3.8) is 0 Å². The zero-order valence-corrected chi connectivity index (χ0v) is 10.7. The van der Waals surface area contributed by atoms with Gasteiger partial charge in [0.15, 0.2) is 0 Å². The number of hydrogen-bond donors (Lipinski definition) is 3. The summed E-state index contributed by atoms with van der Waals surface area (Å²) in [6.45, 7) is 0.429. The Morgan fingerprint density at radius 2 is 2.20 bits per heavy atom. The normalized spacial score (nSPS) is 17.7. The molecule has 0 radical (unpaired) electrons. The minimum atomic E-state index is -0.312. The Labute approximate surface area is 115 Å². The number of aliphatic imine (C=N–C) groups is 1. The number of nitrogens with two attached hydrogens (primary N) is 1. The van der Waals surface area contributed by atoms with Crippen LogP contribution >= 0.6 is 0 Å². The summed E-state index contributed by atoms with van der Waals surface area (Å²) in [7, 11) is 0. The number of fused-ring (bicyclic) bond motifs is 1. The lowest BCUT2D eigenvalue weighted by Gasteiger charge is -2.15. The monoisotopic (exact) mass is 271 g/mol. The number of aromatic nitrogens is 1. The fourth-order valence-electron chi connectivity index (χ4n) is 2.16. The van der Waals surface area contributed by atoms with Gasteiger partial charge in [0.25, 0.3) is 0 Å². The molecule has 1 aliphatic rings. The second-order valence-corrected chi connectivity index (χ2v) is 4.46. The SMILES string of the molecule is NNC1CN=C(c2ccccn2)c2cc(F)ccc2N1. The maximum atomic E-state index is 13.6. The van der Waals surface area contributed by atoms with Gasteiger partial charge in [0.2, 0.25) is 0 Å². The number of nitrogens with one attached hydrogen (secondary N) is 2. The number of hydrazine groups is 1. The second kappa shape index (κ2) is 5.36. The summed E-state index contributed by atoms with van der Waals surface area (Å²) in [6.07, 6.45) is 1.48. The van der Waals surface area contributed by atoms with Gasteiger partial charge < -0.3 is 5.32 Å². The maximum absolute atomic E-state index is 13.6. The first-order valence-electron chi connectivity index (χ1n) is 6.26. The first kappa shape index (κ1) is 12.7. The number of hydrogen-bond acceptors (Lipinski definition) is 5. The van der Waals surface area contributed by atoms with Crippen LogP contribution in [0.4, 0.5) is 10.1 Å². The van der Waals surface area contributed by atoms with Crippen molar-refractivity contribution in [2.75, 3.05) is 11.9 Å². The predicted molar refractivity (Wildman–Crippen MR) is 75.9 cm³/mol. The summed E-state index contributed by atoms with van der Waals surface area (Å²) in [5, 5.41) is 3.19. The van der Waals surface area contributed by atoms with E-state index in [1.54, 1.807) is 12.3 Å². The Morgan fingerprint density at radius 3 is 2.95 bits per heavy atom. The van der Waals surface area contributed by atoms with Crippen LogP contribution < -0.4 is 16.6 Å². The van der Waals surface area contributed by atoms with Gasteiger partial charge in [-0.1, -0.05) is 6.07 Å². The van der Waals surface area contributed by atoms with E-state index in [-0.39, 0.29) is 12.0 Å². The first-order valence-corrected chi connectivity index (χ1v) is 6.26. The molecule has 0 fully saturated rings. The minimum absolute atomic E-state index is 0.208. The van der Waals surface area contributed by atoms with Crippen molar-refractivity contribution in [3.8, 4) is 0 Å². The van der Waals surface area contributed by atoms with Gasteiger partial charge in [-0.3, -0.25) is 15.8 Å². The van der Waals surface area contributed by atoms with Crippen molar-refractivity contribution >= 4 is 11.4 Å². The van der Waals surface area contributed by atoms with Gasteiger partial charge in [-0.2, -0.15) is 0 Å². The van der Waals surface area contributed by atoms with Crippen LogP contribution in [0.1, 0.15) is 11.3 Å². The number of benzene rings is 1. The van der Waals surface area contributed by atoms with Gasteiger partial charge in [0, 0.05) is 17.4 Å². The highest BCUT2D eigenvalue weighted by atomic mass is 19.1. The highest BCUT2D eigenvalue weighted by molar-refractivity contribution is 6.15. The van der Waals surface area contributed by atoms with Crippen LogP contribution in [-0.4, -0.2) is 23.4 Å². The number of rotatable bonds is 2. The van der Waals surface area contributed by atoms with Gasteiger partial charge >= 0.3 is 0 Å². The van der Waals surface area contributed by atoms with Gasteiger partial charge in [0.1, 0.15) is 12.0 Å². The summed E-state index contributed by atoms with van der Waals surface area (Å²) >= 11 is 0. The third-order valence-corrected chi connectivity index (χ3v) is 3.11. The van der Waals surface area contributed by atoms with Crippen LogP contribution in [0, 0.1) is 5.82 Å².